The van der Waals surface area contributed by atoms with E-state index in [9.17, 15) is 4.79 Å². The van der Waals surface area contributed by atoms with Crippen molar-refractivity contribution in [1.29, 1.82) is 0 Å². The lowest BCUT2D eigenvalue weighted by Gasteiger charge is -2.36. The van der Waals surface area contributed by atoms with Crippen LogP contribution >= 0.6 is 11.6 Å². The van der Waals surface area contributed by atoms with Crippen molar-refractivity contribution in [3.05, 3.63) is 59.4 Å². The molecule has 1 fully saturated rings. The molecular formula is C17H17ClN2O2. The van der Waals surface area contributed by atoms with Gasteiger partial charge in [-0.1, -0.05) is 23.7 Å². The number of benzene rings is 1. The molecule has 1 amide bonds. The summed E-state index contributed by atoms with van der Waals surface area (Å²) in [4.78, 5) is 17.0. The lowest BCUT2D eigenvalue weighted by atomic mass is 9.73. The van der Waals surface area contributed by atoms with Gasteiger partial charge < -0.3 is 10.1 Å². The molecule has 0 bridgehead atoms. The number of carbonyl (C=O) groups is 1. The number of hydrogen-bond acceptors (Lipinski definition) is 3. The molecule has 1 aliphatic rings. The molecule has 0 spiro atoms. The highest BCUT2D eigenvalue weighted by Crippen LogP contribution is 2.37. The van der Waals surface area contributed by atoms with Crippen LogP contribution in [0.25, 0.3) is 0 Å². The summed E-state index contributed by atoms with van der Waals surface area (Å²) in [5, 5.41) is 3.61. The fourth-order valence-corrected chi connectivity index (χ4v) is 3.03. The minimum atomic E-state index is -0.612. The first kappa shape index (κ1) is 15.0. The lowest BCUT2D eigenvalue weighted by molar-refractivity contribution is -0.125. The number of aromatic nitrogens is 1. The van der Waals surface area contributed by atoms with Gasteiger partial charge in [-0.25, -0.2) is 0 Å². The molecule has 1 aromatic carbocycles. The van der Waals surface area contributed by atoms with Crippen LogP contribution in [0.2, 0.25) is 5.02 Å². The molecule has 114 valence electrons. The van der Waals surface area contributed by atoms with Crippen molar-refractivity contribution in [2.75, 3.05) is 18.5 Å². The Morgan fingerprint density at radius 2 is 2.05 bits per heavy atom. The average Bonchev–Trinajstić information content (AvgIpc) is 2.56. The highest BCUT2D eigenvalue weighted by molar-refractivity contribution is 6.30. The molecule has 0 atom stereocenters. The largest absolute Gasteiger partial charge is 0.381 e. The molecule has 0 unspecified atom stereocenters. The van der Waals surface area contributed by atoms with E-state index in [1.165, 1.54) is 0 Å². The van der Waals surface area contributed by atoms with Gasteiger partial charge in [-0.3, -0.25) is 9.78 Å². The van der Waals surface area contributed by atoms with Gasteiger partial charge in [-0.15, -0.1) is 0 Å². The van der Waals surface area contributed by atoms with Gasteiger partial charge in [-0.05, 0) is 42.7 Å². The molecule has 4 nitrogen and oxygen atoms in total. The zero-order valence-electron chi connectivity index (χ0n) is 12.1. The number of nitrogens with zero attached hydrogens (tertiary/aromatic N) is 1. The summed E-state index contributed by atoms with van der Waals surface area (Å²) in [6.45, 7) is 1.12. The summed E-state index contributed by atoms with van der Waals surface area (Å²) in [5.74, 6) is -0.0360. The van der Waals surface area contributed by atoms with Crippen LogP contribution in [-0.4, -0.2) is 24.1 Å². The molecule has 22 heavy (non-hydrogen) atoms. The first-order chi connectivity index (χ1) is 10.7. The van der Waals surface area contributed by atoms with E-state index in [0.717, 1.165) is 5.56 Å². The van der Waals surface area contributed by atoms with Crippen molar-refractivity contribution in [2.45, 2.75) is 18.3 Å². The maximum atomic E-state index is 13.0. The van der Waals surface area contributed by atoms with E-state index in [-0.39, 0.29) is 5.91 Å². The number of pyridine rings is 1. The van der Waals surface area contributed by atoms with E-state index >= 15 is 0 Å². The maximum absolute atomic E-state index is 13.0. The first-order valence-electron chi connectivity index (χ1n) is 7.26. The number of ether oxygens (including phenoxy) is 1. The van der Waals surface area contributed by atoms with Gasteiger partial charge in [0.25, 0.3) is 0 Å². The second-order valence-electron chi connectivity index (χ2n) is 5.40. The normalized spacial score (nSPS) is 17.0. The number of amides is 1. The van der Waals surface area contributed by atoms with E-state index < -0.39 is 5.41 Å². The highest BCUT2D eigenvalue weighted by atomic mass is 35.5. The Morgan fingerprint density at radius 3 is 2.73 bits per heavy atom. The van der Waals surface area contributed by atoms with E-state index in [0.29, 0.717) is 36.8 Å². The Balaban J connectivity index is 1.93. The number of carbonyl (C=O) groups excluding carboxylic acids is 1. The monoisotopic (exact) mass is 316 g/mol. The molecule has 2 heterocycles. The van der Waals surface area contributed by atoms with Crippen molar-refractivity contribution in [2.24, 2.45) is 0 Å². The molecule has 1 aliphatic heterocycles. The Hall–Kier alpha value is -1.91. The van der Waals surface area contributed by atoms with Crippen LogP contribution in [0.5, 0.6) is 0 Å². The summed E-state index contributed by atoms with van der Waals surface area (Å²) in [7, 11) is 0. The molecule has 0 saturated carbocycles. The summed E-state index contributed by atoms with van der Waals surface area (Å²) < 4.78 is 5.45. The van der Waals surface area contributed by atoms with Gasteiger partial charge in [0.1, 0.15) is 0 Å². The molecule has 5 heteroatoms. The van der Waals surface area contributed by atoms with Crippen molar-refractivity contribution in [1.82, 2.24) is 4.98 Å². The van der Waals surface area contributed by atoms with Gasteiger partial charge in [0.15, 0.2) is 0 Å². The van der Waals surface area contributed by atoms with Crippen molar-refractivity contribution < 1.29 is 9.53 Å². The van der Waals surface area contributed by atoms with Crippen LogP contribution in [0.15, 0.2) is 48.8 Å². The van der Waals surface area contributed by atoms with Crippen molar-refractivity contribution >= 4 is 23.2 Å². The second kappa shape index (κ2) is 6.46. The minimum Gasteiger partial charge on any atom is -0.381 e. The fraction of sp³-hybridized carbons (Fsp3) is 0.294. The van der Waals surface area contributed by atoms with E-state index in [1.807, 2.05) is 30.3 Å². The van der Waals surface area contributed by atoms with Crippen LogP contribution in [0, 0.1) is 0 Å². The van der Waals surface area contributed by atoms with Gasteiger partial charge >= 0.3 is 0 Å². The van der Waals surface area contributed by atoms with E-state index in [2.05, 4.69) is 10.3 Å². The third kappa shape index (κ3) is 2.98. The van der Waals surface area contributed by atoms with Gasteiger partial charge in [0.05, 0.1) is 17.3 Å². The number of nitrogens with one attached hydrogen (secondary N) is 1. The topological polar surface area (TPSA) is 51.2 Å². The Morgan fingerprint density at radius 1 is 1.23 bits per heavy atom. The molecule has 1 N–H and O–H groups in total. The average molecular weight is 317 g/mol. The summed E-state index contributed by atoms with van der Waals surface area (Å²) >= 11 is 6.12. The van der Waals surface area contributed by atoms with E-state index in [1.54, 1.807) is 18.5 Å². The number of halogens is 1. The summed E-state index contributed by atoms with van der Waals surface area (Å²) in [6, 6.07) is 11.2. The van der Waals surface area contributed by atoms with Crippen LogP contribution in [0.4, 0.5) is 5.69 Å². The Labute approximate surface area is 134 Å². The SMILES string of the molecule is O=C(Nc1cccnc1)C1(c2cccc(Cl)c2)CCOCC1. The maximum Gasteiger partial charge on any atom is 0.235 e. The van der Waals surface area contributed by atoms with Gasteiger partial charge in [0.2, 0.25) is 5.91 Å². The van der Waals surface area contributed by atoms with E-state index in [4.69, 9.17) is 16.3 Å². The Kier molecular flexibility index (Phi) is 4.41. The predicted octanol–water partition coefficient (Wildman–Crippen LogP) is 3.42. The van der Waals surface area contributed by atoms with Crippen LogP contribution in [-0.2, 0) is 14.9 Å². The van der Waals surface area contributed by atoms with Gasteiger partial charge in [0, 0.05) is 24.4 Å². The first-order valence-corrected chi connectivity index (χ1v) is 7.64. The molecule has 0 aliphatic carbocycles. The van der Waals surface area contributed by atoms with Crippen LogP contribution in [0.1, 0.15) is 18.4 Å². The van der Waals surface area contributed by atoms with Crippen LogP contribution < -0.4 is 5.32 Å². The number of hydrogen-bond donors (Lipinski definition) is 1. The second-order valence-corrected chi connectivity index (χ2v) is 5.84. The zero-order chi connectivity index (χ0) is 15.4. The lowest BCUT2D eigenvalue weighted by Crippen LogP contribution is -2.44. The van der Waals surface area contributed by atoms with Crippen molar-refractivity contribution in [3.8, 4) is 0 Å². The standard InChI is InChI=1S/C17H17ClN2O2/c18-14-4-1-3-13(11-14)17(6-9-22-10-7-17)16(21)20-15-5-2-8-19-12-15/h1-5,8,11-12H,6-7,9-10H2,(H,20,21). The number of anilines is 1. The molecule has 1 aromatic heterocycles. The summed E-state index contributed by atoms with van der Waals surface area (Å²) in [5.41, 5.74) is 1.02. The van der Waals surface area contributed by atoms with Crippen LogP contribution in [0.3, 0.4) is 0 Å². The minimum absolute atomic E-state index is 0.0360. The molecule has 3 rings (SSSR count). The molecule has 1 saturated heterocycles. The molecule has 2 aromatic rings. The Bertz CT molecular complexity index is 655. The van der Waals surface area contributed by atoms with Gasteiger partial charge in [-0.2, -0.15) is 0 Å². The molecule has 0 radical (unpaired) electrons. The molecular weight excluding hydrogens is 300 g/mol. The zero-order valence-corrected chi connectivity index (χ0v) is 12.8. The summed E-state index contributed by atoms with van der Waals surface area (Å²) in [6.07, 6.45) is 4.60. The fourth-order valence-electron chi connectivity index (χ4n) is 2.84. The predicted molar refractivity (Wildman–Crippen MR) is 86.0 cm³/mol. The third-order valence-corrected chi connectivity index (χ3v) is 4.31. The van der Waals surface area contributed by atoms with Crippen molar-refractivity contribution in [3.63, 3.8) is 0 Å². The smallest absolute Gasteiger partial charge is 0.235 e. The quantitative estimate of drug-likeness (QED) is 0.944. The highest BCUT2D eigenvalue weighted by Gasteiger charge is 2.41. The third-order valence-electron chi connectivity index (χ3n) is 4.08. The number of rotatable bonds is 3.